The minimum Gasteiger partial charge on any atom is -0.354 e. The first kappa shape index (κ1) is 9.67. The molecule has 0 saturated carbocycles. The number of hydrogen-bond donors (Lipinski definition) is 2. The van der Waals surface area contributed by atoms with Crippen LogP contribution in [0.15, 0.2) is 18.3 Å². The zero-order valence-corrected chi connectivity index (χ0v) is 7.58. The van der Waals surface area contributed by atoms with Gasteiger partial charge in [0.05, 0.1) is 0 Å². The molecule has 0 unspecified atom stereocenters. The molecule has 4 heteroatoms. The summed E-state index contributed by atoms with van der Waals surface area (Å²) >= 11 is 0. The molecular formula is C9H13N3O. The SMILES string of the molecule is CNC(=O)c1ncccc1CCN. The highest BCUT2D eigenvalue weighted by Crippen LogP contribution is 2.04. The Morgan fingerprint density at radius 3 is 3.08 bits per heavy atom. The molecule has 70 valence electrons. The molecule has 0 saturated heterocycles. The fourth-order valence-corrected chi connectivity index (χ4v) is 1.12. The summed E-state index contributed by atoms with van der Waals surface area (Å²) in [4.78, 5) is 15.3. The van der Waals surface area contributed by atoms with E-state index >= 15 is 0 Å². The first-order chi connectivity index (χ1) is 6.29. The van der Waals surface area contributed by atoms with Crippen LogP contribution in [0, 0.1) is 0 Å². The standard InChI is InChI=1S/C9H13N3O/c1-11-9(13)8-7(4-5-10)3-2-6-12-8/h2-3,6H,4-5,10H2,1H3,(H,11,13). The van der Waals surface area contributed by atoms with Crippen LogP contribution in [0.1, 0.15) is 16.1 Å². The molecule has 1 aromatic heterocycles. The quantitative estimate of drug-likeness (QED) is 0.683. The monoisotopic (exact) mass is 179 g/mol. The molecule has 0 fully saturated rings. The van der Waals surface area contributed by atoms with Gasteiger partial charge in [0.2, 0.25) is 0 Å². The normalized spacial score (nSPS) is 9.69. The zero-order valence-electron chi connectivity index (χ0n) is 7.58. The Morgan fingerprint density at radius 1 is 1.69 bits per heavy atom. The van der Waals surface area contributed by atoms with Crippen LogP contribution >= 0.6 is 0 Å². The fourth-order valence-electron chi connectivity index (χ4n) is 1.12. The highest BCUT2D eigenvalue weighted by molar-refractivity contribution is 5.93. The van der Waals surface area contributed by atoms with Gasteiger partial charge in [0.1, 0.15) is 5.69 Å². The third-order valence-corrected chi connectivity index (χ3v) is 1.75. The predicted octanol–water partition coefficient (Wildman–Crippen LogP) is -0.0576. The average molecular weight is 179 g/mol. The van der Waals surface area contributed by atoms with E-state index in [1.54, 1.807) is 19.3 Å². The first-order valence-electron chi connectivity index (χ1n) is 4.15. The van der Waals surface area contributed by atoms with Crippen LogP contribution in [-0.4, -0.2) is 24.5 Å². The maximum atomic E-state index is 11.3. The molecule has 3 N–H and O–H groups in total. The lowest BCUT2D eigenvalue weighted by molar-refractivity contribution is 0.0957. The molecule has 0 aliphatic rings. The van der Waals surface area contributed by atoms with Gasteiger partial charge in [-0.3, -0.25) is 9.78 Å². The van der Waals surface area contributed by atoms with Crippen molar-refractivity contribution in [2.24, 2.45) is 5.73 Å². The van der Waals surface area contributed by atoms with Gasteiger partial charge in [0, 0.05) is 13.2 Å². The molecule has 4 nitrogen and oxygen atoms in total. The van der Waals surface area contributed by atoms with E-state index in [1.165, 1.54) is 0 Å². The summed E-state index contributed by atoms with van der Waals surface area (Å²) in [6, 6.07) is 3.67. The molecule has 0 aromatic carbocycles. The van der Waals surface area contributed by atoms with E-state index in [1.807, 2.05) is 6.07 Å². The molecule has 0 bridgehead atoms. The van der Waals surface area contributed by atoms with Crippen molar-refractivity contribution >= 4 is 5.91 Å². The molecule has 13 heavy (non-hydrogen) atoms. The Morgan fingerprint density at radius 2 is 2.46 bits per heavy atom. The third-order valence-electron chi connectivity index (χ3n) is 1.75. The van der Waals surface area contributed by atoms with E-state index < -0.39 is 0 Å². The lowest BCUT2D eigenvalue weighted by atomic mass is 10.1. The summed E-state index contributed by atoms with van der Waals surface area (Å²) in [5.41, 5.74) is 6.77. The van der Waals surface area contributed by atoms with Gasteiger partial charge >= 0.3 is 0 Å². The third kappa shape index (κ3) is 2.26. The minimum atomic E-state index is -0.163. The highest BCUT2D eigenvalue weighted by Gasteiger charge is 2.09. The molecule has 0 atom stereocenters. The predicted molar refractivity (Wildman–Crippen MR) is 50.4 cm³/mol. The van der Waals surface area contributed by atoms with E-state index in [0.717, 1.165) is 5.56 Å². The van der Waals surface area contributed by atoms with Crippen molar-refractivity contribution in [3.8, 4) is 0 Å². The number of amides is 1. The van der Waals surface area contributed by atoms with Gasteiger partial charge in [-0.1, -0.05) is 6.07 Å². The number of hydrogen-bond acceptors (Lipinski definition) is 3. The second-order valence-corrected chi connectivity index (χ2v) is 2.63. The van der Waals surface area contributed by atoms with Crippen molar-refractivity contribution in [3.63, 3.8) is 0 Å². The van der Waals surface area contributed by atoms with E-state index in [0.29, 0.717) is 18.7 Å². The van der Waals surface area contributed by atoms with Gasteiger partial charge in [0.15, 0.2) is 0 Å². The Labute approximate surface area is 77.2 Å². The van der Waals surface area contributed by atoms with Crippen LogP contribution in [0.25, 0.3) is 0 Å². The van der Waals surface area contributed by atoms with Crippen LogP contribution < -0.4 is 11.1 Å². The Bertz CT molecular complexity index is 299. The summed E-state index contributed by atoms with van der Waals surface area (Å²) in [6.45, 7) is 0.523. The maximum absolute atomic E-state index is 11.3. The second kappa shape index (κ2) is 4.57. The molecule has 1 rings (SSSR count). The molecule has 1 heterocycles. The van der Waals surface area contributed by atoms with Crippen molar-refractivity contribution in [1.82, 2.24) is 10.3 Å². The van der Waals surface area contributed by atoms with Gasteiger partial charge in [-0.2, -0.15) is 0 Å². The van der Waals surface area contributed by atoms with Crippen molar-refractivity contribution in [1.29, 1.82) is 0 Å². The molecule has 1 amide bonds. The second-order valence-electron chi connectivity index (χ2n) is 2.63. The number of nitrogens with zero attached hydrogens (tertiary/aromatic N) is 1. The number of carbonyl (C=O) groups is 1. The lowest BCUT2D eigenvalue weighted by Crippen LogP contribution is -2.21. The van der Waals surface area contributed by atoms with Crippen molar-refractivity contribution in [2.45, 2.75) is 6.42 Å². The number of rotatable bonds is 3. The van der Waals surface area contributed by atoms with Gasteiger partial charge in [-0.05, 0) is 24.6 Å². The summed E-state index contributed by atoms with van der Waals surface area (Å²) in [7, 11) is 1.59. The van der Waals surface area contributed by atoms with Gasteiger partial charge < -0.3 is 11.1 Å². The first-order valence-corrected chi connectivity index (χ1v) is 4.15. The highest BCUT2D eigenvalue weighted by atomic mass is 16.1. The van der Waals surface area contributed by atoms with Crippen LogP contribution in [0.2, 0.25) is 0 Å². The summed E-state index contributed by atoms with van der Waals surface area (Å²) in [5, 5.41) is 2.54. The number of nitrogens with one attached hydrogen (secondary N) is 1. The summed E-state index contributed by atoms with van der Waals surface area (Å²) in [5.74, 6) is -0.163. The number of nitrogens with two attached hydrogens (primary N) is 1. The molecule has 0 aliphatic heterocycles. The van der Waals surface area contributed by atoms with Gasteiger partial charge in [-0.15, -0.1) is 0 Å². The number of aromatic nitrogens is 1. The fraction of sp³-hybridized carbons (Fsp3) is 0.333. The Hall–Kier alpha value is -1.42. The van der Waals surface area contributed by atoms with Gasteiger partial charge in [0.25, 0.3) is 5.91 Å². The van der Waals surface area contributed by atoms with Crippen molar-refractivity contribution < 1.29 is 4.79 Å². The molecular weight excluding hydrogens is 166 g/mol. The van der Waals surface area contributed by atoms with Crippen LogP contribution in [0.5, 0.6) is 0 Å². The topological polar surface area (TPSA) is 68.0 Å². The van der Waals surface area contributed by atoms with Crippen molar-refractivity contribution in [3.05, 3.63) is 29.6 Å². The Kier molecular flexibility index (Phi) is 3.40. The van der Waals surface area contributed by atoms with E-state index in [-0.39, 0.29) is 5.91 Å². The largest absolute Gasteiger partial charge is 0.354 e. The Balaban J connectivity index is 2.97. The van der Waals surface area contributed by atoms with E-state index in [9.17, 15) is 4.79 Å². The van der Waals surface area contributed by atoms with E-state index in [2.05, 4.69) is 10.3 Å². The number of pyridine rings is 1. The number of carbonyl (C=O) groups excluding carboxylic acids is 1. The van der Waals surface area contributed by atoms with Crippen molar-refractivity contribution in [2.75, 3.05) is 13.6 Å². The maximum Gasteiger partial charge on any atom is 0.269 e. The smallest absolute Gasteiger partial charge is 0.269 e. The molecule has 0 aliphatic carbocycles. The molecule has 0 radical (unpaired) electrons. The van der Waals surface area contributed by atoms with Crippen LogP contribution in [0.4, 0.5) is 0 Å². The lowest BCUT2D eigenvalue weighted by Gasteiger charge is -2.04. The van der Waals surface area contributed by atoms with Gasteiger partial charge in [-0.25, -0.2) is 0 Å². The summed E-state index contributed by atoms with van der Waals surface area (Å²) in [6.07, 6.45) is 2.28. The summed E-state index contributed by atoms with van der Waals surface area (Å²) < 4.78 is 0. The zero-order chi connectivity index (χ0) is 9.68. The molecule has 1 aromatic rings. The van der Waals surface area contributed by atoms with Crippen LogP contribution in [0.3, 0.4) is 0 Å². The molecule has 0 spiro atoms. The minimum absolute atomic E-state index is 0.163. The van der Waals surface area contributed by atoms with E-state index in [4.69, 9.17) is 5.73 Å². The van der Waals surface area contributed by atoms with Crippen LogP contribution in [-0.2, 0) is 6.42 Å². The average Bonchev–Trinajstić information content (AvgIpc) is 2.18.